The topological polar surface area (TPSA) is 84.9 Å². The first-order valence-corrected chi connectivity index (χ1v) is 12.2. The quantitative estimate of drug-likeness (QED) is 0.430. The number of carbonyl (C=O) groups excluding carboxylic acids is 3. The Morgan fingerprint density at radius 2 is 1.94 bits per heavy atom. The van der Waals surface area contributed by atoms with E-state index in [1.54, 1.807) is 42.5 Å². The predicted molar refractivity (Wildman–Crippen MR) is 135 cm³/mol. The fourth-order valence-corrected chi connectivity index (χ4v) is 4.10. The van der Waals surface area contributed by atoms with Gasteiger partial charge in [0, 0.05) is 10.7 Å². The third-order valence-corrected chi connectivity index (χ3v) is 6.41. The molecule has 2 aromatic carbocycles. The normalized spacial score (nSPS) is 15.6. The average molecular weight is 503 g/mol. The monoisotopic (exact) mass is 502 g/mol. The highest BCUT2D eigenvalue weighted by Crippen LogP contribution is 2.35. The van der Waals surface area contributed by atoms with Gasteiger partial charge in [0.15, 0.2) is 11.5 Å². The van der Waals surface area contributed by atoms with Crippen LogP contribution in [0.5, 0.6) is 11.5 Å². The number of carbonyl (C=O) groups is 3. The van der Waals surface area contributed by atoms with Gasteiger partial charge in [0.25, 0.3) is 11.1 Å². The van der Waals surface area contributed by atoms with E-state index >= 15 is 0 Å². The number of nitrogens with one attached hydrogen (secondary N) is 1. The van der Waals surface area contributed by atoms with Gasteiger partial charge in [-0.2, -0.15) is 0 Å². The van der Waals surface area contributed by atoms with E-state index in [4.69, 9.17) is 21.1 Å². The van der Waals surface area contributed by atoms with Gasteiger partial charge in [-0.05, 0) is 80.4 Å². The minimum atomic E-state index is -0.523. The van der Waals surface area contributed by atoms with Crippen LogP contribution in [0.3, 0.4) is 0 Å². The number of halogens is 1. The molecule has 0 bridgehead atoms. The van der Waals surface area contributed by atoms with Crippen LogP contribution in [0.1, 0.15) is 38.3 Å². The van der Waals surface area contributed by atoms with Gasteiger partial charge in [-0.3, -0.25) is 19.3 Å². The molecular weight excluding hydrogens is 476 g/mol. The summed E-state index contributed by atoms with van der Waals surface area (Å²) >= 11 is 6.88. The number of anilines is 1. The van der Waals surface area contributed by atoms with Crippen molar-refractivity contribution in [1.29, 1.82) is 0 Å². The van der Waals surface area contributed by atoms with E-state index < -0.39 is 17.1 Å². The number of rotatable bonds is 9. The molecule has 0 unspecified atom stereocenters. The molecule has 1 atom stereocenters. The lowest BCUT2D eigenvalue weighted by molar-refractivity contribution is -0.127. The molecule has 1 aliphatic rings. The Hall–Kier alpha value is -2.97. The zero-order chi connectivity index (χ0) is 24.8. The fraction of sp³-hybridized carbons (Fsp3) is 0.320. The Labute approximate surface area is 208 Å². The summed E-state index contributed by atoms with van der Waals surface area (Å²) < 4.78 is 11.6. The highest BCUT2D eigenvalue weighted by atomic mass is 35.5. The van der Waals surface area contributed by atoms with Crippen LogP contribution in [0, 0.1) is 6.92 Å². The van der Waals surface area contributed by atoms with Crippen molar-refractivity contribution in [2.75, 3.05) is 18.5 Å². The molecule has 0 aromatic heterocycles. The Balaban J connectivity index is 1.72. The third kappa shape index (κ3) is 6.33. The largest absolute Gasteiger partial charge is 0.490 e. The molecule has 9 heteroatoms. The summed E-state index contributed by atoms with van der Waals surface area (Å²) in [6.07, 6.45) is 2.49. The lowest BCUT2D eigenvalue weighted by Crippen LogP contribution is -2.36. The van der Waals surface area contributed by atoms with E-state index in [1.807, 2.05) is 27.7 Å². The number of thioether (sulfide) groups is 1. The highest BCUT2D eigenvalue weighted by Gasteiger charge is 2.36. The summed E-state index contributed by atoms with van der Waals surface area (Å²) in [6.45, 7) is 7.80. The first-order chi connectivity index (χ1) is 16.2. The minimum absolute atomic E-state index is 0.0311. The van der Waals surface area contributed by atoms with Crippen molar-refractivity contribution in [2.24, 2.45) is 0 Å². The van der Waals surface area contributed by atoms with E-state index in [9.17, 15) is 14.4 Å². The molecule has 1 heterocycles. The van der Waals surface area contributed by atoms with Crippen molar-refractivity contribution in [3.63, 3.8) is 0 Å². The second-order valence-electron chi connectivity index (χ2n) is 7.76. The molecule has 7 nitrogen and oxygen atoms in total. The van der Waals surface area contributed by atoms with Crippen molar-refractivity contribution in [2.45, 2.75) is 40.2 Å². The van der Waals surface area contributed by atoms with E-state index in [2.05, 4.69) is 5.32 Å². The minimum Gasteiger partial charge on any atom is -0.490 e. The molecule has 0 radical (unpaired) electrons. The molecule has 0 spiro atoms. The number of amides is 3. The lowest BCUT2D eigenvalue weighted by atomic mass is 10.1. The molecule has 0 aliphatic carbocycles. The first kappa shape index (κ1) is 25.6. The molecule has 34 heavy (non-hydrogen) atoms. The van der Waals surface area contributed by atoms with Crippen molar-refractivity contribution >= 4 is 52.2 Å². The summed E-state index contributed by atoms with van der Waals surface area (Å²) in [7, 11) is 0. The van der Waals surface area contributed by atoms with Crippen molar-refractivity contribution in [3.8, 4) is 11.5 Å². The molecule has 3 amide bonds. The van der Waals surface area contributed by atoms with Crippen LogP contribution in [0.2, 0.25) is 5.02 Å². The van der Waals surface area contributed by atoms with E-state index in [-0.39, 0.29) is 17.6 Å². The number of imide groups is 1. The smallest absolute Gasteiger partial charge is 0.294 e. The standard InChI is InChI=1S/C25H27ClN2O5S/c1-5-16(4)33-20-10-8-17(11-21(20)32-6-2)12-22-24(30)28(25(31)34-22)14-23(29)27-18-9-7-15(3)19(26)13-18/h7-13,16H,5-6,14H2,1-4H3,(H,27,29)/b22-12+/t16-/m0/s1. The second-order valence-corrected chi connectivity index (χ2v) is 9.16. The maximum absolute atomic E-state index is 12.8. The van der Waals surface area contributed by atoms with Gasteiger partial charge >= 0.3 is 0 Å². The van der Waals surface area contributed by atoms with Gasteiger partial charge in [0.05, 0.1) is 17.6 Å². The second kappa shape index (κ2) is 11.4. The molecule has 2 aromatic rings. The molecule has 1 aliphatic heterocycles. The number of hydrogen-bond donors (Lipinski definition) is 1. The summed E-state index contributed by atoms with van der Waals surface area (Å²) in [4.78, 5) is 38.8. The Bertz CT molecular complexity index is 1130. The summed E-state index contributed by atoms with van der Waals surface area (Å²) in [5.41, 5.74) is 2.05. The maximum atomic E-state index is 12.8. The van der Waals surface area contributed by atoms with Crippen LogP contribution in [-0.2, 0) is 9.59 Å². The molecule has 1 N–H and O–H groups in total. The summed E-state index contributed by atoms with van der Waals surface area (Å²) in [6, 6.07) is 10.4. The Kier molecular flexibility index (Phi) is 8.63. The van der Waals surface area contributed by atoms with Crippen LogP contribution in [-0.4, -0.2) is 41.2 Å². The van der Waals surface area contributed by atoms with Gasteiger partial charge in [0.2, 0.25) is 5.91 Å². The molecule has 1 saturated heterocycles. The van der Waals surface area contributed by atoms with Gasteiger partial charge in [-0.15, -0.1) is 0 Å². The number of hydrogen-bond acceptors (Lipinski definition) is 6. The number of benzene rings is 2. The molecule has 3 rings (SSSR count). The maximum Gasteiger partial charge on any atom is 0.294 e. The zero-order valence-corrected chi connectivity index (χ0v) is 21.1. The molecular formula is C25H27ClN2O5S. The molecule has 180 valence electrons. The van der Waals surface area contributed by atoms with E-state index in [0.717, 1.165) is 28.6 Å². The third-order valence-electron chi connectivity index (χ3n) is 5.10. The zero-order valence-electron chi connectivity index (χ0n) is 19.5. The molecule has 1 fully saturated rings. The van der Waals surface area contributed by atoms with Gasteiger partial charge in [-0.25, -0.2) is 0 Å². The molecule has 0 saturated carbocycles. The van der Waals surface area contributed by atoms with Crippen LogP contribution in [0.4, 0.5) is 10.5 Å². The summed E-state index contributed by atoms with van der Waals surface area (Å²) in [5, 5.41) is 2.67. The van der Waals surface area contributed by atoms with Gasteiger partial charge in [-0.1, -0.05) is 30.7 Å². The Morgan fingerprint density at radius 1 is 1.18 bits per heavy atom. The van der Waals surface area contributed by atoms with Crippen molar-refractivity contribution in [3.05, 3.63) is 57.5 Å². The predicted octanol–water partition coefficient (Wildman–Crippen LogP) is 5.90. The number of aryl methyl sites for hydroxylation is 1. The fourth-order valence-electron chi connectivity index (χ4n) is 3.08. The SMILES string of the molecule is CCOc1cc(/C=C2/SC(=O)N(CC(=O)Nc3ccc(C)c(Cl)c3)C2=O)ccc1O[C@@H](C)CC. The average Bonchev–Trinajstić information content (AvgIpc) is 3.05. The van der Waals surface area contributed by atoms with E-state index in [1.165, 1.54) is 0 Å². The van der Waals surface area contributed by atoms with Crippen LogP contribution in [0.25, 0.3) is 6.08 Å². The lowest BCUT2D eigenvalue weighted by Gasteiger charge is -2.16. The highest BCUT2D eigenvalue weighted by molar-refractivity contribution is 8.18. The number of ether oxygens (including phenoxy) is 2. The van der Waals surface area contributed by atoms with Crippen LogP contribution < -0.4 is 14.8 Å². The summed E-state index contributed by atoms with van der Waals surface area (Å²) in [5.74, 6) is 0.167. The van der Waals surface area contributed by atoms with Crippen LogP contribution in [0.15, 0.2) is 41.3 Å². The van der Waals surface area contributed by atoms with Crippen LogP contribution >= 0.6 is 23.4 Å². The van der Waals surface area contributed by atoms with Crippen molar-refractivity contribution < 1.29 is 23.9 Å². The number of nitrogens with zero attached hydrogens (tertiary/aromatic N) is 1. The van der Waals surface area contributed by atoms with E-state index in [0.29, 0.717) is 34.4 Å². The first-order valence-electron chi connectivity index (χ1n) is 11.0. The Morgan fingerprint density at radius 3 is 2.62 bits per heavy atom. The van der Waals surface area contributed by atoms with Crippen molar-refractivity contribution in [1.82, 2.24) is 4.90 Å². The van der Waals surface area contributed by atoms with Gasteiger partial charge < -0.3 is 14.8 Å². The van der Waals surface area contributed by atoms with Gasteiger partial charge in [0.1, 0.15) is 6.54 Å².